The van der Waals surface area contributed by atoms with Gasteiger partial charge in [0, 0.05) is 16.7 Å². The van der Waals surface area contributed by atoms with Gasteiger partial charge >= 0.3 is 0 Å². The smallest absolute Gasteiger partial charge is 0.255 e. The first-order valence-electron chi connectivity index (χ1n) is 12.2. The molecule has 3 aromatic carbocycles. The van der Waals surface area contributed by atoms with Gasteiger partial charge in [0.2, 0.25) is 12.0 Å². The van der Waals surface area contributed by atoms with Crippen molar-refractivity contribution in [2.75, 3.05) is 41.5 Å². The summed E-state index contributed by atoms with van der Waals surface area (Å²) in [6, 6.07) is 16.2. The summed E-state index contributed by atoms with van der Waals surface area (Å²) in [5, 5.41) is 16.5. The first-order valence-corrected chi connectivity index (χ1v) is 12.2. The zero-order chi connectivity index (χ0) is 27.1. The highest BCUT2D eigenvalue weighted by Crippen LogP contribution is 2.43. The molecule has 1 aliphatic rings. The summed E-state index contributed by atoms with van der Waals surface area (Å²) in [6.45, 7) is 1.32. The van der Waals surface area contributed by atoms with Gasteiger partial charge in [-0.05, 0) is 74.1 Å². The largest absolute Gasteiger partial charge is 0.497 e. The lowest BCUT2D eigenvalue weighted by molar-refractivity contribution is 0.00546. The highest BCUT2D eigenvalue weighted by Gasteiger charge is 2.27. The number of carbonyl (C=O) groups is 1. The summed E-state index contributed by atoms with van der Waals surface area (Å²) in [5.74, 6) is 2.12. The third-order valence-corrected chi connectivity index (χ3v) is 6.05. The van der Waals surface area contributed by atoms with Crippen LogP contribution in [-0.2, 0) is 0 Å². The predicted octanol–water partition coefficient (Wildman–Crippen LogP) is 3.85. The molecule has 200 valence electrons. The lowest BCUT2D eigenvalue weighted by atomic mass is 10.0. The van der Waals surface area contributed by atoms with Crippen molar-refractivity contribution < 1.29 is 33.6 Å². The normalized spacial score (nSPS) is 14.0. The molecule has 1 heterocycles. The van der Waals surface area contributed by atoms with Crippen LogP contribution in [0.3, 0.4) is 0 Å². The first-order chi connectivity index (χ1) is 18.5. The highest BCUT2D eigenvalue weighted by atomic mass is 16.6. The summed E-state index contributed by atoms with van der Waals surface area (Å²) in [6.07, 6.45) is 1.07. The maximum Gasteiger partial charge on any atom is 0.255 e. The van der Waals surface area contributed by atoms with Gasteiger partial charge in [0.15, 0.2) is 11.5 Å². The molecule has 3 aromatic rings. The van der Waals surface area contributed by atoms with Crippen LogP contribution in [0.1, 0.15) is 22.3 Å². The Balaban J connectivity index is 1.58. The van der Waals surface area contributed by atoms with Crippen molar-refractivity contribution in [2.45, 2.75) is 12.7 Å². The molecule has 38 heavy (non-hydrogen) atoms. The van der Waals surface area contributed by atoms with E-state index in [2.05, 4.69) is 10.6 Å². The van der Waals surface area contributed by atoms with Crippen LogP contribution in [0.2, 0.25) is 0 Å². The van der Waals surface area contributed by atoms with Crippen molar-refractivity contribution in [3.05, 3.63) is 71.4 Å². The molecular formula is C29H32N2O7. The number of benzene rings is 3. The molecule has 1 aliphatic heterocycles. The zero-order valence-electron chi connectivity index (χ0n) is 21.9. The number of aliphatic hydroxyl groups excluding tert-OH is 1. The summed E-state index contributed by atoms with van der Waals surface area (Å²) < 4.78 is 27.9. The third kappa shape index (κ3) is 5.85. The van der Waals surface area contributed by atoms with Crippen molar-refractivity contribution >= 4 is 12.0 Å². The molecule has 0 spiro atoms. The van der Waals surface area contributed by atoms with E-state index in [1.165, 1.54) is 7.11 Å². The topological polar surface area (TPSA) is 108 Å². The Bertz CT molecular complexity index is 1320. The Morgan fingerprint density at radius 3 is 2.55 bits per heavy atom. The zero-order valence-corrected chi connectivity index (χ0v) is 21.9. The standard InChI is InChI=1S/C29H32N2O7/c1-30-13-6-14-37-25-12-9-19-17-23(29(33)38-26(19)27(25)36-4)31-28(32)20-10-11-24(35-3)22(16-20)18-7-5-8-21(15-18)34-2/h5,7-12,15-17,29-30,33H,6,13-14H2,1-4H3,(H,31,32). The van der Waals surface area contributed by atoms with Gasteiger partial charge in [0.05, 0.1) is 33.6 Å². The first kappa shape index (κ1) is 26.8. The summed E-state index contributed by atoms with van der Waals surface area (Å²) >= 11 is 0. The summed E-state index contributed by atoms with van der Waals surface area (Å²) in [5.41, 5.74) is 2.78. The molecule has 0 fully saturated rings. The molecule has 0 saturated carbocycles. The fraction of sp³-hybridized carbons (Fsp3) is 0.276. The molecule has 0 aromatic heterocycles. The maximum absolute atomic E-state index is 13.2. The number of carbonyl (C=O) groups excluding carboxylic acids is 1. The Kier molecular flexibility index (Phi) is 8.73. The van der Waals surface area contributed by atoms with Gasteiger partial charge < -0.3 is 39.4 Å². The van der Waals surface area contributed by atoms with Crippen molar-refractivity contribution in [3.8, 4) is 39.9 Å². The molecule has 0 radical (unpaired) electrons. The lowest BCUT2D eigenvalue weighted by Gasteiger charge is -2.26. The van der Waals surface area contributed by atoms with Gasteiger partial charge in [-0.1, -0.05) is 12.1 Å². The highest BCUT2D eigenvalue weighted by molar-refractivity contribution is 5.98. The minimum absolute atomic E-state index is 0.200. The molecule has 0 bridgehead atoms. The van der Waals surface area contributed by atoms with Gasteiger partial charge in [-0.25, -0.2) is 0 Å². The predicted molar refractivity (Wildman–Crippen MR) is 144 cm³/mol. The van der Waals surface area contributed by atoms with E-state index in [-0.39, 0.29) is 5.70 Å². The average Bonchev–Trinajstić information content (AvgIpc) is 2.95. The van der Waals surface area contributed by atoms with Crippen molar-refractivity contribution in [2.24, 2.45) is 0 Å². The third-order valence-electron chi connectivity index (χ3n) is 6.05. The molecule has 0 aliphatic carbocycles. The molecular weight excluding hydrogens is 488 g/mol. The van der Waals surface area contributed by atoms with E-state index in [9.17, 15) is 9.90 Å². The van der Waals surface area contributed by atoms with Crippen LogP contribution in [0.4, 0.5) is 0 Å². The monoisotopic (exact) mass is 520 g/mol. The summed E-state index contributed by atoms with van der Waals surface area (Å²) in [4.78, 5) is 13.2. The van der Waals surface area contributed by atoms with Crippen LogP contribution < -0.4 is 34.3 Å². The van der Waals surface area contributed by atoms with E-state index in [0.29, 0.717) is 46.5 Å². The van der Waals surface area contributed by atoms with Crippen LogP contribution in [-0.4, -0.2) is 58.8 Å². The van der Waals surface area contributed by atoms with E-state index in [4.69, 9.17) is 23.7 Å². The maximum atomic E-state index is 13.2. The van der Waals surface area contributed by atoms with E-state index < -0.39 is 12.2 Å². The van der Waals surface area contributed by atoms with Crippen LogP contribution in [0, 0.1) is 0 Å². The number of ether oxygens (including phenoxy) is 5. The fourth-order valence-electron chi connectivity index (χ4n) is 4.11. The number of methoxy groups -OCH3 is 3. The van der Waals surface area contributed by atoms with Crippen molar-refractivity contribution in [1.82, 2.24) is 10.6 Å². The Labute approximate surface area is 221 Å². The van der Waals surface area contributed by atoms with E-state index in [1.54, 1.807) is 50.6 Å². The van der Waals surface area contributed by atoms with Gasteiger partial charge in [-0.3, -0.25) is 4.79 Å². The van der Waals surface area contributed by atoms with Gasteiger partial charge in [-0.2, -0.15) is 0 Å². The molecule has 1 amide bonds. The van der Waals surface area contributed by atoms with Crippen LogP contribution in [0.25, 0.3) is 17.2 Å². The van der Waals surface area contributed by atoms with Gasteiger partial charge in [0.25, 0.3) is 5.91 Å². The molecule has 9 heteroatoms. The van der Waals surface area contributed by atoms with E-state index in [1.807, 2.05) is 31.3 Å². The van der Waals surface area contributed by atoms with Crippen LogP contribution in [0.5, 0.6) is 28.7 Å². The number of amides is 1. The number of fused-ring (bicyclic) bond motifs is 1. The number of aliphatic hydroxyl groups is 1. The molecule has 9 nitrogen and oxygen atoms in total. The quantitative estimate of drug-likeness (QED) is 0.328. The lowest BCUT2D eigenvalue weighted by Crippen LogP contribution is -2.34. The molecule has 3 N–H and O–H groups in total. The van der Waals surface area contributed by atoms with Crippen LogP contribution in [0.15, 0.2) is 60.3 Å². The minimum Gasteiger partial charge on any atom is -0.497 e. The number of rotatable bonds is 11. The molecule has 1 unspecified atom stereocenters. The second-order valence-electron chi connectivity index (χ2n) is 8.49. The molecule has 1 atom stereocenters. The number of hydrogen-bond acceptors (Lipinski definition) is 8. The Morgan fingerprint density at radius 2 is 1.82 bits per heavy atom. The number of hydrogen-bond donors (Lipinski definition) is 3. The molecule has 4 rings (SSSR count). The van der Waals surface area contributed by atoms with Crippen molar-refractivity contribution in [3.63, 3.8) is 0 Å². The Morgan fingerprint density at radius 1 is 1.00 bits per heavy atom. The average molecular weight is 521 g/mol. The number of nitrogens with one attached hydrogen (secondary N) is 2. The fourth-order valence-corrected chi connectivity index (χ4v) is 4.11. The summed E-state index contributed by atoms with van der Waals surface area (Å²) in [7, 11) is 6.56. The molecule has 0 saturated heterocycles. The van der Waals surface area contributed by atoms with E-state index >= 15 is 0 Å². The SMILES string of the molecule is CNCCCOc1ccc2c(c1OC)OC(O)C(NC(=O)c1ccc(OC)c(-c3cccc(OC)c3)c1)=C2. The van der Waals surface area contributed by atoms with Gasteiger partial charge in [-0.15, -0.1) is 0 Å². The minimum atomic E-state index is -1.41. The van der Waals surface area contributed by atoms with Crippen LogP contribution >= 0.6 is 0 Å². The second-order valence-corrected chi connectivity index (χ2v) is 8.49. The van der Waals surface area contributed by atoms with Crippen molar-refractivity contribution in [1.29, 1.82) is 0 Å². The Hall–Kier alpha value is -4.21. The van der Waals surface area contributed by atoms with Gasteiger partial charge in [0.1, 0.15) is 11.5 Å². The second kappa shape index (κ2) is 12.4. The van der Waals surface area contributed by atoms with E-state index in [0.717, 1.165) is 24.1 Å².